The van der Waals surface area contributed by atoms with Gasteiger partial charge in [0, 0.05) is 19.6 Å². The van der Waals surface area contributed by atoms with Crippen LogP contribution in [0.3, 0.4) is 0 Å². The minimum atomic E-state index is 0.750. The first-order valence-corrected chi connectivity index (χ1v) is 7.24. The van der Waals surface area contributed by atoms with Crippen molar-refractivity contribution in [2.75, 3.05) is 19.6 Å². The standard InChI is InChI=1S/C14H29N3/c1-4-15-14(17-11-9-12(2)3)16-10-5-6-13-7-8-13/h12-13H,4-11H2,1-3H3,(H2,15,16,17). The normalized spacial score (nSPS) is 16.4. The van der Waals surface area contributed by atoms with Gasteiger partial charge in [0.1, 0.15) is 0 Å². The molecule has 0 unspecified atom stereocenters. The predicted molar refractivity (Wildman–Crippen MR) is 75.4 cm³/mol. The van der Waals surface area contributed by atoms with E-state index in [1.807, 2.05) is 0 Å². The molecule has 0 radical (unpaired) electrons. The van der Waals surface area contributed by atoms with Gasteiger partial charge < -0.3 is 10.6 Å². The lowest BCUT2D eigenvalue weighted by atomic mass is 10.1. The molecule has 1 aliphatic carbocycles. The van der Waals surface area contributed by atoms with Crippen molar-refractivity contribution in [1.82, 2.24) is 10.6 Å². The van der Waals surface area contributed by atoms with Crippen LogP contribution in [0.4, 0.5) is 0 Å². The summed E-state index contributed by atoms with van der Waals surface area (Å²) in [6.07, 6.45) is 6.72. The Morgan fingerprint density at radius 2 is 2.06 bits per heavy atom. The molecular formula is C14H29N3. The second kappa shape index (κ2) is 8.37. The van der Waals surface area contributed by atoms with Gasteiger partial charge in [-0.3, -0.25) is 4.99 Å². The molecule has 1 rings (SSSR count). The molecule has 0 aromatic heterocycles. The molecule has 0 saturated heterocycles. The molecule has 17 heavy (non-hydrogen) atoms. The Hall–Kier alpha value is -0.730. The highest BCUT2D eigenvalue weighted by atomic mass is 15.2. The van der Waals surface area contributed by atoms with E-state index in [9.17, 15) is 0 Å². The number of rotatable bonds is 8. The van der Waals surface area contributed by atoms with Crippen LogP contribution in [0.5, 0.6) is 0 Å². The predicted octanol–water partition coefficient (Wildman–Crippen LogP) is 2.78. The van der Waals surface area contributed by atoms with E-state index in [4.69, 9.17) is 0 Å². The Labute approximate surface area is 106 Å². The second-order valence-corrected chi connectivity index (χ2v) is 5.46. The van der Waals surface area contributed by atoms with Crippen molar-refractivity contribution >= 4 is 5.96 Å². The molecule has 3 nitrogen and oxygen atoms in total. The Balaban J connectivity index is 2.12. The lowest BCUT2D eigenvalue weighted by Gasteiger charge is -2.12. The van der Waals surface area contributed by atoms with Crippen LogP contribution in [-0.4, -0.2) is 25.6 Å². The number of guanidine groups is 1. The molecular weight excluding hydrogens is 210 g/mol. The van der Waals surface area contributed by atoms with E-state index >= 15 is 0 Å². The van der Waals surface area contributed by atoms with Crippen LogP contribution in [0.25, 0.3) is 0 Å². The molecule has 1 saturated carbocycles. The van der Waals surface area contributed by atoms with Gasteiger partial charge in [0.15, 0.2) is 5.96 Å². The molecule has 0 aliphatic heterocycles. The van der Waals surface area contributed by atoms with E-state index in [2.05, 4.69) is 36.4 Å². The van der Waals surface area contributed by atoms with Crippen molar-refractivity contribution in [1.29, 1.82) is 0 Å². The van der Waals surface area contributed by atoms with Gasteiger partial charge in [0.25, 0.3) is 0 Å². The average molecular weight is 239 g/mol. The second-order valence-electron chi connectivity index (χ2n) is 5.46. The molecule has 0 atom stereocenters. The first-order chi connectivity index (χ1) is 8.22. The summed E-state index contributed by atoms with van der Waals surface area (Å²) in [6.45, 7) is 9.54. The number of nitrogens with zero attached hydrogens (tertiary/aromatic N) is 1. The number of aliphatic imine (C=N–C) groups is 1. The molecule has 1 aliphatic rings. The minimum absolute atomic E-state index is 0.750. The van der Waals surface area contributed by atoms with Gasteiger partial charge in [-0.05, 0) is 38.0 Å². The summed E-state index contributed by atoms with van der Waals surface area (Å²) >= 11 is 0. The number of hydrogen-bond acceptors (Lipinski definition) is 1. The van der Waals surface area contributed by atoms with E-state index in [0.717, 1.165) is 37.4 Å². The Morgan fingerprint density at radius 3 is 2.65 bits per heavy atom. The topological polar surface area (TPSA) is 36.4 Å². The van der Waals surface area contributed by atoms with Crippen molar-refractivity contribution in [2.45, 2.75) is 52.9 Å². The maximum atomic E-state index is 4.60. The summed E-state index contributed by atoms with van der Waals surface area (Å²) in [5.41, 5.74) is 0. The van der Waals surface area contributed by atoms with Gasteiger partial charge in [-0.25, -0.2) is 0 Å². The highest BCUT2D eigenvalue weighted by Gasteiger charge is 2.19. The SMILES string of the molecule is CCNC(=NCCCC1CC1)NCCC(C)C. The van der Waals surface area contributed by atoms with Crippen LogP contribution in [0, 0.1) is 11.8 Å². The van der Waals surface area contributed by atoms with E-state index in [0.29, 0.717) is 0 Å². The molecule has 0 aromatic rings. The van der Waals surface area contributed by atoms with Crippen molar-refractivity contribution in [3.63, 3.8) is 0 Å². The maximum absolute atomic E-state index is 4.60. The van der Waals surface area contributed by atoms with Crippen molar-refractivity contribution in [2.24, 2.45) is 16.8 Å². The number of hydrogen-bond donors (Lipinski definition) is 2. The fourth-order valence-corrected chi connectivity index (χ4v) is 1.80. The molecule has 0 spiro atoms. The highest BCUT2D eigenvalue weighted by molar-refractivity contribution is 5.79. The zero-order chi connectivity index (χ0) is 12.5. The third-order valence-corrected chi connectivity index (χ3v) is 3.10. The monoisotopic (exact) mass is 239 g/mol. The summed E-state index contributed by atoms with van der Waals surface area (Å²) in [4.78, 5) is 4.60. The van der Waals surface area contributed by atoms with Crippen molar-refractivity contribution < 1.29 is 0 Å². The lowest BCUT2D eigenvalue weighted by molar-refractivity contribution is 0.573. The smallest absolute Gasteiger partial charge is 0.191 e. The molecule has 2 N–H and O–H groups in total. The van der Waals surface area contributed by atoms with Crippen molar-refractivity contribution in [3.05, 3.63) is 0 Å². The maximum Gasteiger partial charge on any atom is 0.191 e. The summed E-state index contributed by atoms with van der Waals surface area (Å²) in [7, 11) is 0. The van der Waals surface area contributed by atoms with Gasteiger partial charge in [-0.2, -0.15) is 0 Å². The van der Waals surface area contributed by atoms with E-state index in [1.165, 1.54) is 32.1 Å². The largest absolute Gasteiger partial charge is 0.357 e. The molecule has 0 heterocycles. The first kappa shape index (κ1) is 14.3. The summed E-state index contributed by atoms with van der Waals surface area (Å²) < 4.78 is 0. The minimum Gasteiger partial charge on any atom is -0.357 e. The Kier molecular flexibility index (Phi) is 7.06. The van der Waals surface area contributed by atoms with Crippen LogP contribution in [-0.2, 0) is 0 Å². The fourth-order valence-electron chi connectivity index (χ4n) is 1.80. The van der Waals surface area contributed by atoms with Gasteiger partial charge in [0.2, 0.25) is 0 Å². The van der Waals surface area contributed by atoms with Gasteiger partial charge in [-0.15, -0.1) is 0 Å². The van der Waals surface area contributed by atoms with Crippen LogP contribution >= 0.6 is 0 Å². The number of nitrogens with one attached hydrogen (secondary N) is 2. The Bertz CT molecular complexity index is 220. The fraction of sp³-hybridized carbons (Fsp3) is 0.929. The van der Waals surface area contributed by atoms with E-state index in [1.54, 1.807) is 0 Å². The van der Waals surface area contributed by atoms with Crippen LogP contribution in [0.2, 0.25) is 0 Å². The molecule has 0 amide bonds. The molecule has 1 fully saturated rings. The molecule has 3 heteroatoms. The summed E-state index contributed by atoms with van der Waals surface area (Å²) in [5, 5.41) is 6.69. The van der Waals surface area contributed by atoms with Gasteiger partial charge in [0.05, 0.1) is 0 Å². The quantitative estimate of drug-likeness (QED) is 0.388. The first-order valence-electron chi connectivity index (χ1n) is 7.24. The zero-order valence-corrected chi connectivity index (χ0v) is 11.8. The van der Waals surface area contributed by atoms with Gasteiger partial charge >= 0.3 is 0 Å². The highest BCUT2D eigenvalue weighted by Crippen LogP contribution is 2.33. The van der Waals surface area contributed by atoms with E-state index < -0.39 is 0 Å². The molecule has 0 aromatic carbocycles. The Morgan fingerprint density at radius 1 is 1.29 bits per heavy atom. The third kappa shape index (κ3) is 8.06. The molecule has 0 bridgehead atoms. The molecule has 100 valence electrons. The summed E-state index contributed by atoms with van der Waals surface area (Å²) in [5.74, 6) is 2.77. The summed E-state index contributed by atoms with van der Waals surface area (Å²) in [6, 6.07) is 0. The van der Waals surface area contributed by atoms with Crippen LogP contribution in [0.1, 0.15) is 52.9 Å². The van der Waals surface area contributed by atoms with Gasteiger partial charge in [-0.1, -0.05) is 26.7 Å². The van der Waals surface area contributed by atoms with Crippen molar-refractivity contribution in [3.8, 4) is 0 Å². The zero-order valence-electron chi connectivity index (χ0n) is 11.8. The third-order valence-electron chi connectivity index (χ3n) is 3.10. The van der Waals surface area contributed by atoms with Crippen LogP contribution < -0.4 is 10.6 Å². The lowest BCUT2D eigenvalue weighted by Crippen LogP contribution is -2.38. The van der Waals surface area contributed by atoms with Crippen LogP contribution in [0.15, 0.2) is 4.99 Å². The van der Waals surface area contributed by atoms with E-state index in [-0.39, 0.29) is 0 Å². The average Bonchev–Trinajstić information content (AvgIpc) is 3.07.